The van der Waals surface area contributed by atoms with Crippen LogP contribution in [-0.4, -0.2) is 34.9 Å². The van der Waals surface area contributed by atoms with Crippen molar-refractivity contribution >= 4 is 22.8 Å². The van der Waals surface area contributed by atoms with E-state index in [4.69, 9.17) is 16.1 Å². The molecule has 0 aliphatic heterocycles. The van der Waals surface area contributed by atoms with Crippen LogP contribution in [-0.2, 0) is 13.0 Å². The van der Waals surface area contributed by atoms with Gasteiger partial charge in [-0.25, -0.2) is 9.78 Å². The van der Waals surface area contributed by atoms with Crippen LogP contribution < -0.4 is 11.2 Å². The number of hydrogen-bond donors (Lipinski definition) is 3. The van der Waals surface area contributed by atoms with E-state index in [1.54, 1.807) is 0 Å². The molecule has 5 aromatic rings. The van der Waals surface area contributed by atoms with Crippen LogP contribution in [0.2, 0.25) is 5.02 Å². The summed E-state index contributed by atoms with van der Waals surface area (Å²) >= 11 is 5.95. The predicted molar refractivity (Wildman–Crippen MR) is 127 cm³/mol. The third kappa shape index (κ3) is 4.58. The van der Waals surface area contributed by atoms with Gasteiger partial charge in [-0.15, -0.1) is 0 Å². The number of halogens is 1. The van der Waals surface area contributed by atoms with Crippen LogP contribution >= 0.6 is 11.6 Å². The van der Waals surface area contributed by atoms with Gasteiger partial charge in [0.1, 0.15) is 17.0 Å². The van der Waals surface area contributed by atoms with E-state index in [1.807, 2.05) is 47.4 Å². The van der Waals surface area contributed by atoms with Gasteiger partial charge in [0.05, 0.1) is 12.7 Å². The normalized spacial score (nSPS) is 12.4. The number of nitrogens with zero attached hydrogens (tertiary/aromatic N) is 4. The second-order valence-electron chi connectivity index (χ2n) is 8.12. The van der Waals surface area contributed by atoms with Crippen molar-refractivity contribution in [1.82, 2.24) is 34.9 Å². The molecular weight excluding hydrogens is 458 g/mol. The highest BCUT2D eigenvalue weighted by Crippen LogP contribution is 2.26. The van der Waals surface area contributed by atoms with Gasteiger partial charge in [0.25, 0.3) is 5.56 Å². The summed E-state index contributed by atoms with van der Waals surface area (Å²) in [5.74, 6) is 1.60. The maximum atomic E-state index is 11.9. The Balaban J connectivity index is 1.25. The molecule has 0 aliphatic rings. The Labute approximate surface area is 198 Å². The van der Waals surface area contributed by atoms with E-state index in [2.05, 4.69) is 37.1 Å². The van der Waals surface area contributed by atoms with Gasteiger partial charge in [0.2, 0.25) is 0 Å². The zero-order chi connectivity index (χ0) is 23.7. The summed E-state index contributed by atoms with van der Waals surface area (Å²) in [7, 11) is 0. The van der Waals surface area contributed by atoms with Crippen molar-refractivity contribution in [2.45, 2.75) is 38.6 Å². The molecule has 1 unspecified atom stereocenters. The van der Waals surface area contributed by atoms with Crippen molar-refractivity contribution in [2.75, 3.05) is 0 Å². The number of benzene rings is 1. The minimum Gasteiger partial charge on any atom is -0.356 e. The SMILES string of the molecule is CCC(CCc1nc2[nH]c(=O)[nH]c(=O)c2[nH]1)c1cnn(Cc2cc(-c3ccc(Cl)cc3)on2)c1. The highest BCUT2D eigenvalue weighted by Gasteiger charge is 2.15. The van der Waals surface area contributed by atoms with Crippen LogP contribution in [0.15, 0.2) is 56.8 Å². The summed E-state index contributed by atoms with van der Waals surface area (Å²) in [4.78, 5) is 35.4. The Bertz CT molecular complexity index is 1540. The molecule has 3 N–H and O–H groups in total. The molecule has 0 fully saturated rings. The lowest BCUT2D eigenvalue weighted by Gasteiger charge is -2.11. The molecule has 0 spiro atoms. The Morgan fingerprint density at radius 1 is 1.15 bits per heavy atom. The predicted octanol–water partition coefficient (Wildman–Crippen LogP) is 3.62. The van der Waals surface area contributed by atoms with E-state index in [0.717, 1.165) is 29.7 Å². The molecule has 4 heterocycles. The summed E-state index contributed by atoms with van der Waals surface area (Å²) in [6.45, 7) is 2.62. The first-order chi connectivity index (χ1) is 16.5. The van der Waals surface area contributed by atoms with Crippen molar-refractivity contribution in [3.8, 4) is 11.3 Å². The van der Waals surface area contributed by atoms with Crippen LogP contribution in [0, 0.1) is 0 Å². The minimum absolute atomic E-state index is 0.265. The molecule has 1 aromatic carbocycles. The summed E-state index contributed by atoms with van der Waals surface area (Å²) in [5, 5.41) is 9.32. The molecule has 174 valence electrons. The molecule has 10 nitrogen and oxygen atoms in total. The van der Waals surface area contributed by atoms with Crippen LogP contribution in [0.4, 0.5) is 0 Å². The average Bonchev–Trinajstić information content (AvgIpc) is 3.55. The first kappa shape index (κ1) is 21.9. The number of fused-ring (bicyclic) bond motifs is 1. The van der Waals surface area contributed by atoms with E-state index in [-0.39, 0.29) is 17.1 Å². The van der Waals surface area contributed by atoms with Gasteiger partial charge in [-0.1, -0.05) is 23.7 Å². The molecule has 0 saturated carbocycles. The molecule has 4 aromatic heterocycles. The summed E-state index contributed by atoms with van der Waals surface area (Å²) in [6, 6.07) is 9.30. The van der Waals surface area contributed by atoms with Crippen molar-refractivity contribution in [2.24, 2.45) is 0 Å². The quantitative estimate of drug-likeness (QED) is 0.310. The van der Waals surface area contributed by atoms with Gasteiger partial charge in [0.15, 0.2) is 11.4 Å². The molecule has 0 aliphatic carbocycles. The maximum Gasteiger partial charge on any atom is 0.327 e. The number of imidazole rings is 1. The van der Waals surface area contributed by atoms with E-state index in [0.29, 0.717) is 29.6 Å². The van der Waals surface area contributed by atoms with E-state index >= 15 is 0 Å². The average molecular weight is 480 g/mol. The van der Waals surface area contributed by atoms with Gasteiger partial charge in [-0.05, 0) is 48.6 Å². The molecule has 0 radical (unpaired) electrons. The summed E-state index contributed by atoms with van der Waals surface area (Å²) in [6.07, 6.45) is 6.26. The molecule has 0 saturated heterocycles. The Kier molecular flexibility index (Phi) is 5.89. The maximum absolute atomic E-state index is 11.9. The molecule has 34 heavy (non-hydrogen) atoms. The molecule has 5 rings (SSSR count). The van der Waals surface area contributed by atoms with Crippen LogP contribution in [0.3, 0.4) is 0 Å². The van der Waals surface area contributed by atoms with Crippen molar-refractivity contribution in [3.05, 3.63) is 85.7 Å². The third-order valence-corrected chi connectivity index (χ3v) is 6.05. The van der Waals surface area contributed by atoms with Crippen LogP contribution in [0.25, 0.3) is 22.5 Å². The third-order valence-electron chi connectivity index (χ3n) is 5.80. The number of aryl methyl sites for hydroxylation is 1. The number of hydrogen-bond acceptors (Lipinski definition) is 6. The first-order valence-corrected chi connectivity index (χ1v) is 11.3. The van der Waals surface area contributed by atoms with Crippen molar-refractivity contribution < 1.29 is 4.52 Å². The minimum atomic E-state index is -0.568. The van der Waals surface area contributed by atoms with Crippen molar-refractivity contribution in [1.29, 1.82) is 0 Å². The fourth-order valence-electron chi connectivity index (χ4n) is 4.00. The Morgan fingerprint density at radius 3 is 2.76 bits per heavy atom. The molecule has 0 amide bonds. The number of rotatable bonds is 8. The first-order valence-electron chi connectivity index (χ1n) is 10.9. The zero-order valence-corrected chi connectivity index (χ0v) is 19.1. The Morgan fingerprint density at radius 2 is 1.97 bits per heavy atom. The number of aromatic amines is 3. The highest BCUT2D eigenvalue weighted by atomic mass is 35.5. The van der Waals surface area contributed by atoms with Crippen LogP contribution in [0.5, 0.6) is 0 Å². The van der Waals surface area contributed by atoms with E-state index < -0.39 is 11.2 Å². The number of H-pyrrole nitrogens is 3. The fraction of sp³-hybridized carbons (Fsp3) is 0.261. The monoisotopic (exact) mass is 479 g/mol. The lowest BCUT2D eigenvalue weighted by molar-refractivity contribution is 0.419. The van der Waals surface area contributed by atoms with Gasteiger partial charge < -0.3 is 9.51 Å². The molecular formula is C23H22ClN7O3. The zero-order valence-electron chi connectivity index (χ0n) is 18.3. The van der Waals surface area contributed by atoms with Gasteiger partial charge in [-0.3, -0.25) is 19.4 Å². The van der Waals surface area contributed by atoms with Gasteiger partial charge in [0, 0.05) is 29.3 Å². The smallest absolute Gasteiger partial charge is 0.327 e. The Hall–Kier alpha value is -3.92. The van der Waals surface area contributed by atoms with Crippen LogP contribution in [0.1, 0.15) is 42.8 Å². The standard InChI is InChI=1S/C23H22ClN7O3/c1-2-13(5-8-19-26-20-21(27-19)28-23(33)29-22(20)32)15-10-25-31(11-15)12-17-9-18(34-30-17)14-3-6-16(24)7-4-14/h3-4,6-7,9-11,13H,2,5,8,12H2,1H3,(H3,26,27,28,29,32,33). The van der Waals surface area contributed by atoms with E-state index in [9.17, 15) is 9.59 Å². The van der Waals surface area contributed by atoms with E-state index in [1.165, 1.54) is 0 Å². The molecule has 0 bridgehead atoms. The fourth-order valence-corrected chi connectivity index (χ4v) is 4.12. The lowest BCUT2D eigenvalue weighted by Crippen LogP contribution is -2.21. The largest absolute Gasteiger partial charge is 0.356 e. The molecule has 1 atom stereocenters. The highest BCUT2D eigenvalue weighted by molar-refractivity contribution is 6.30. The topological polar surface area (TPSA) is 138 Å². The van der Waals surface area contributed by atoms with Gasteiger partial charge >= 0.3 is 5.69 Å². The second-order valence-corrected chi connectivity index (χ2v) is 8.56. The number of aromatic nitrogens is 7. The summed E-state index contributed by atoms with van der Waals surface area (Å²) in [5.41, 5.74) is 2.31. The lowest BCUT2D eigenvalue weighted by atomic mass is 9.94. The number of nitrogens with one attached hydrogen (secondary N) is 3. The summed E-state index contributed by atoms with van der Waals surface area (Å²) < 4.78 is 7.32. The molecule has 11 heteroatoms. The second kappa shape index (κ2) is 9.14. The van der Waals surface area contributed by atoms with Crippen molar-refractivity contribution in [3.63, 3.8) is 0 Å². The van der Waals surface area contributed by atoms with Gasteiger partial charge in [-0.2, -0.15) is 5.10 Å².